The fourth-order valence-electron chi connectivity index (χ4n) is 7.06. The lowest BCUT2D eigenvalue weighted by Gasteiger charge is -2.34. The molecule has 0 aromatic heterocycles. The third-order valence-corrected chi connectivity index (χ3v) is 16.8. The van der Waals surface area contributed by atoms with Gasteiger partial charge in [0.05, 0.1) is 5.57 Å². The van der Waals surface area contributed by atoms with Crippen LogP contribution in [0.25, 0.3) is 5.57 Å². The summed E-state index contributed by atoms with van der Waals surface area (Å²) in [5.41, 5.74) is 0.659. The van der Waals surface area contributed by atoms with Crippen molar-refractivity contribution in [1.82, 2.24) is 0 Å². The summed E-state index contributed by atoms with van der Waals surface area (Å²) in [5, 5.41) is -0.638. The van der Waals surface area contributed by atoms with Gasteiger partial charge in [0.2, 0.25) is 0 Å². The molecule has 6 rings (SSSR count). The minimum Gasteiger partial charge on any atom is -0.294 e. The summed E-state index contributed by atoms with van der Waals surface area (Å²) in [7, 11) is 0. The number of rotatable bonds is 12. The Morgan fingerprint density at radius 2 is 0.844 bits per heavy atom. The van der Waals surface area contributed by atoms with E-state index >= 15 is 0 Å². The van der Waals surface area contributed by atoms with Gasteiger partial charge in [-0.3, -0.25) is 19.2 Å². The SMILES string of the molecule is CC(=O)SC(CC(=O)c1ccc(Br)c(C)c1)(c1cc(Cl)cc(Cl)c1)C(F)(F)F.Cc1cc(C(=O)/C=C(\c2cc(Cl)cc(Cl)c2)C(F)(F)F)ccc1Br.Cc1cc(C(=O)CC(S)(c2cc(Cl)cc(Cl)c2)C(F)(F)F)ccc1Br. The molecule has 0 bridgehead atoms. The minimum absolute atomic E-state index is 0.0211. The highest BCUT2D eigenvalue weighted by molar-refractivity contribution is 9.11. The van der Waals surface area contributed by atoms with Crippen LogP contribution in [0.3, 0.4) is 0 Å². The summed E-state index contributed by atoms with van der Waals surface area (Å²) in [4.78, 5) is 49.3. The Bertz CT molecular complexity index is 3210. The molecular weight excluding hydrogens is 1390 g/mol. The zero-order chi connectivity index (χ0) is 58.3. The van der Waals surface area contributed by atoms with Crippen molar-refractivity contribution in [2.45, 2.75) is 68.6 Å². The molecule has 2 unspecified atom stereocenters. The number of ketones is 3. The third-order valence-electron chi connectivity index (χ3n) is 10.9. The number of carbonyl (C=O) groups is 4. The van der Waals surface area contributed by atoms with Gasteiger partial charge in [0.15, 0.2) is 27.2 Å². The Kier molecular flexibility index (Phi) is 23.5. The first-order valence-electron chi connectivity index (χ1n) is 21.5. The van der Waals surface area contributed by atoms with Crippen LogP contribution in [0.2, 0.25) is 30.1 Å². The highest BCUT2D eigenvalue weighted by Gasteiger charge is 2.59. The second-order valence-electron chi connectivity index (χ2n) is 16.8. The molecular formula is C53H36Br3Cl6F9O4S2. The van der Waals surface area contributed by atoms with E-state index < -0.39 is 68.9 Å². The maximum Gasteiger partial charge on any atom is 0.417 e. The first-order chi connectivity index (χ1) is 35.4. The Morgan fingerprint density at radius 1 is 0.494 bits per heavy atom. The molecule has 0 spiro atoms. The highest BCUT2D eigenvalue weighted by atomic mass is 79.9. The standard InChI is InChI=1S/C19H14BrCl2F3O2S.C17H12BrCl2F3OS.C17H10BrCl2F3O/c1-10-5-12(3-4-16(10)20)17(27)9-18(19(23,24)25,28-11(2)26)13-6-14(21)8-15(22)7-13;1-9-4-10(2-3-14(9)18)15(24)8-16(25,17(21,22)23)11-5-12(19)7-13(20)6-11;1-9-4-10(2-3-15(9)18)16(24)8-14(17(21,22)23)11-5-12(19)7-13(20)6-11/h3-8H,9H2,1-2H3;2-7,25H,8H2,1H3;2-8H,1H3/b;;14-8+. The van der Waals surface area contributed by atoms with Crippen molar-refractivity contribution in [1.29, 1.82) is 0 Å². The molecule has 24 heteroatoms. The van der Waals surface area contributed by atoms with Crippen LogP contribution in [0.4, 0.5) is 39.5 Å². The molecule has 2 atom stereocenters. The fourth-order valence-corrected chi connectivity index (χ4v) is 10.7. The van der Waals surface area contributed by atoms with Gasteiger partial charge < -0.3 is 0 Å². The Balaban J connectivity index is 0.000000250. The van der Waals surface area contributed by atoms with Crippen LogP contribution in [-0.2, 0) is 14.3 Å². The molecule has 0 aliphatic carbocycles. The molecule has 6 aromatic rings. The van der Waals surface area contributed by atoms with E-state index in [-0.39, 0.29) is 75.3 Å². The number of thioether (sulfide) groups is 1. The highest BCUT2D eigenvalue weighted by Crippen LogP contribution is 2.54. The number of hydrogen-bond acceptors (Lipinski definition) is 6. The van der Waals surface area contributed by atoms with Gasteiger partial charge in [0.25, 0.3) is 0 Å². The summed E-state index contributed by atoms with van der Waals surface area (Å²) < 4.78 is 121. The number of Topliss-reactive ketones (excluding diaryl/α,β-unsaturated/α-hetero) is 2. The van der Waals surface area contributed by atoms with Gasteiger partial charge in [-0.05, 0) is 157 Å². The number of thiol groups is 1. The molecule has 0 radical (unpaired) electrons. The summed E-state index contributed by atoms with van der Waals surface area (Å²) in [5.74, 6) is -2.19. The fraction of sp³-hybridized carbons (Fsp3) is 0.208. The van der Waals surface area contributed by atoms with Crippen molar-refractivity contribution in [3.05, 3.63) is 209 Å². The topological polar surface area (TPSA) is 68.3 Å². The summed E-state index contributed by atoms with van der Waals surface area (Å²) >= 11 is 48.7. The van der Waals surface area contributed by atoms with Crippen LogP contribution >= 0.6 is 142 Å². The van der Waals surface area contributed by atoms with E-state index in [1.807, 2.05) is 0 Å². The Labute approximate surface area is 501 Å². The van der Waals surface area contributed by atoms with Crippen molar-refractivity contribution < 1.29 is 58.7 Å². The van der Waals surface area contributed by atoms with Crippen LogP contribution in [0, 0.1) is 20.8 Å². The summed E-state index contributed by atoms with van der Waals surface area (Å²) in [6.45, 7) is 6.23. The molecule has 0 aliphatic heterocycles. The zero-order valence-electron chi connectivity index (χ0n) is 39.7. The lowest BCUT2D eigenvalue weighted by atomic mass is 9.89. The monoisotopic (exact) mass is 1420 g/mol. The Hall–Kier alpha value is -3.01. The average Bonchev–Trinajstić information content (AvgIpc) is 3.28. The predicted octanol–water partition coefficient (Wildman–Crippen LogP) is 21.3. The van der Waals surface area contributed by atoms with Crippen LogP contribution in [-0.4, -0.2) is 41.0 Å². The second kappa shape index (κ2) is 27.2. The smallest absolute Gasteiger partial charge is 0.294 e. The van der Waals surface area contributed by atoms with Gasteiger partial charge in [-0.1, -0.05) is 141 Å². The average molecular weight is 1420 g/mol. The van der Waals surface area contributed by atoms with E-state index in [0.29, 0.717) is 11.6 Å². The number of allylic oxidation sites excluding steroid dienone is 2. The first kappa shape index (κ1) is 66.5. The lowest BCUT2D eigenvalue weighted by Crippen LogP contribution is -2.42. The Morgan fingerprint density at radius 3 is 1.19 bits per heavy atom. The second-order valence-corrected chi connectivity index (χ2v) is 24.2. The molecule has 0 fully saturated rings. The molecule has 77 heavy (non-hydrogen) atoms. The van der Waals surface area contributed by atoms with Gasteiger partial charge in [-0.15, -0.1) is 0 Å². The molecule has 0 heterocycles. The maximum absolute atomic E-state index is 14.3. The zero-order valence-corrected chi connectivity index (χ0v) is 50.7. The largest absolute Gasteiger partial charge is 0.417 e. The molecule has 0 amide bonds. The number of aryl methyl sites for hydroxylation is 3. The number of benzene rings is 6. The number of hydrogen-bond donors (Lipinski definition) is 1. The quantitative estimate of drug-likeness (QED) is 0.0572. The number of alkyl halides is 9. The van der Waals surface area contributed by atoms with E-state index in [2.05, 4.69) is 60.4 Å². The van der Waals surface area contributed by atoms with Crippen molar-refractivity contribution in [2.24, 2.45) is 0 Å². The molecule has 0 N–H and O–H groups in total. The molecule has 410 valence electrons. The maximum atomic E-state index is 14.3. The van der Waals surface area contributed by atoms with Gasteiger partial charge >= 0.3 is 18.5 Å². The van der Waals surface area contributed by atoms with Gasteiger partial charge in [-0.2, -0.15) is 52.1 Å². The van der Waals surface area contributed by atoms with E-state index in [1.165, 1.54) is 54.6 Å². The van der Waals surface area contributed by atoms with Crippen molar-refractivity contribution in [2.75, 3.05) is 0 Å². The third kappa shape index (κ3) is 18.0. The summed E-state index contributed by atoms with van der Waals surface area (Å²) in [6.07, 6.45) is -15.7. The normalized spacial score (nSPS) is 13.5. The van der Waals surface area contributed by atoms with E-state index in [4.69, 9.17) is 69.6 Å². The minimum atomic E-state index is -4.92. The molecule has 0 saturated heterocycles. The number of halogens is 18. The van der Waals surface area contributed by atoms with E-state index in [0.717, 1.165) is 67.9 Å². The van der Waals surface area contributed by atoms with Crippen LogP contribution in [0.1, 0.15) is 84.2 Å². The molecule has 6 aromatic carbocycles. The summed E-state index contributed by atoms with van der Waals surface area (Å²) in [6, 6.07) is 24.3. The van der Waals surface area contributed by atoms with Crippen LogP contribution < -0.4 is 0 Å². The van der Waals surface area contributed by atoms with Crippen molar-refractivity contribution in [3.63, 3.8) is 0 Å². The van der Waals surface area contributed by atoms with Crippen LogP contribution in [0.15, 0.2) is 129 Å². The van der Waals surface area contributed by atoms with Gasteiger partial charge in [0, 0.05) is 80.0 Å². The molecule has 0 saturated carbocycles. The predicted molar refractivity (Wildman–Crippen MR) is 305 cm³/mol. The number of carbonyl (C=O) groups excluding carboxylic acids is 4. The van der Waals surface area contributed by atoms with Crippen LogP contribution in [0.5, 0.6) is 0 Å². The lowest BCUT2D eigenvalue weighted by molar-refractivity contribution is -0.162. The van der Waals surface area contributed by atoms with Crippen molar-refractivity contribution >= 4 is 170 Å². The van der Waals surface area contributed by atoms with Crippen molar-refractivity contribution in [3.8, 4) is 0 Å². The first-order valence-corrected chi connectivity index (χ1v) is 27.4. The van der Waals surface area contributed by atoms with E-state index in [9.17, 15) is 58.7 Å². The van der Waals surface area contributed by atoms with Gasteiger partial charge in [0.1, 0.15) is 4.75 Å². The van der Waals surface area contributed by atoms with Gasteiger partial charge in [-0.25, -0.2) is 0 Å². The molecule has 4 nitrogen and oxygen atoms in total. The molecule has 0 aliphatic rings. The van der Waals surface area contributed by atoms with E-state index in [1.54, 1.807) is 39.0 Å².